The van der Waals surface area contributed by atoms with Crippen molar-refractivity contribution in [3.8, 4) is 0 Å². The summed E-state index contributed by atoms with van der Waals surface area (Å²) in [6.07, 6.45) is 2.78. The highest BCUT2D eigenvalue weighted by Gasteiger charge is 2.29. The molecule has 7 heteroatoms. The van der Waals surface area contributed by atoms with E-state index in [4.69, 9.17) is 0 Å². The summed E-state index contributed by atoms with van der Waals surface area (Å²) in [6.45, 7) is 4.98. The van der Waals surface area contributed by atoms with Crippen molar-refractivity contribution in [2.75, 3.05) is 33.2 Å². The molecule has 6 nitrogen and oxygen atoms in total. The predicted octanol–water partition coefficient (Wildman–Crippen LogP) is 1.66. The number of piperidine rings is 1. The molecule has 0 aliphatic carbocycles. The van der Waals surface area contributed by atoms with Crippen LogP contribution in [0.15, 0.2) is 40.2 Å². The van der Waals surface area contributed by atoms with Crippen LogP contribution in [0.5, 0.6) is 0 Å². The second-order valence-corrected chi connectivity index (χ2v) is 7.98. The van der Waals surface area contributed by atoms with Crippen LogP contribution in [0, 0.1) is 5.92 Å². The molecule has 0 atom stereocenters. The Morgan fingerprint density at radius 2 is 1.88 bits per heavy atom. The van der Waals surface area contributed by atoms with E-state index in [1.54, 1.807) is 35.6 Å². The standard InChI is InChI=1S/C17H28N4O2S/c1-3-11-19-17(18-2)20-14-15-9-12-21(13-10-15)24(22,23)16-7-5-4-6-8-16/h4-8,15H,3,9-14H2,1-2H3,(H2,18,19,20). The number of hydrogen-bond donors (Lipinski definition) is 2. The van der Waals surface area contributed by atoms with Gasteiger partial charge in [-0.25, -0.2) is 8.42 Å². The summed E-state index contributed by atoms with van der Waals surface area (Å²) >= 11 is 0. The molecule has 0 amide bonds. The molecule has 0 saturated carbocycles. The van der Waals surface area contributed by atoms with E-state index >= 15 is 0 Å². The summed E-state index contributed by atoms with van der Waals surface area (Å²) in [5.41, 5.74) is 0. The molecule has 0 unspecified atom stereocenters. The zero-order valence-corrected chi connectivity index (χ0v) is 15.3. The van der Waals surface area contributed by atoms with Crippen molar-refractivity contribution in [3.05, 3.63) is 30.3 Å². The third-order valence-corrected chi connectivity index (χ3v) is 6.19. The molecule has 24 heavy (non-hydrogen) atoms. The minimum absolute atomic E-state index is 0.380. The lowest BCUT2D eigenvalue weighted by atomic mass is 9.98. The van der Waals surface area contributed by atoms with Crippen LogP contribution in [0.2, 0.25) is 0 Å². The lowest BCUT2D eigenvalue weighted by molar-refractivity contribution is 0.273. The van der Waals surface area contributed by atoms with Crippen LogP contribution in [0.1, 0.15) is 26.2 Å². The molecule has 1 aromatic carbocycles. The van der Waals surface area contributed by atoms with E-state index in [2.05, 4.69) is 22.5 Å². The van der Waals surface area contributed by atoms with Gasteiger partial charge >= 0.3 is 0 Å². The van der Waals surface area contributed by atoms with Gasteiger partial charge in [-0.3, -0.25) is 4.99 Å². The summed E-state index contributed by atoms with van der Waals surface area (Å²) in [6, 6.07) is 8.67. The molecule has 134 valence electrons. The first-order valence-electron chi connectivity index (χ1n) is 8.57. The fourth-order valence-electron chi connectivity index (χ4n) is 2.80. The average Bonchev–Trinajstić information content (AvgIpc) is 2.63. The summed E-state index contributed by atoms with van der Waals surface area (Å²) < 4.78 is 26.8. The van der Waals surface area contributed by atoms with E-state index < -0.39 is 10.0 Å². The quantitative estimate of drug-likeness (QED) is 0.603. The SMILES string of the molecule is CCCNC(=NC)NCC1CCN(S(=O)(=O)c2ccccc2)CC1. The van der Waals surface area contributed by atoms with Crippen LogP contribution in [-0.4, -0.2) is 51.9 Å². The molecule has 2 N–H and O–H groups in total. The maximum Gasteiger partial charge on any atom is 0.243 e. The van der Waals surface area contributed by atoms with Crippen molar-refractivity contribution >= 4 is 16.0 Å². The number of aliphatic imine (C=N–C) groups is 1. The van der Waals surface area contributed by atoms with Crippen LogP contribution >= 0.6 is 0 Å². The van der Waals surface area contributed by atoms with Gasteiger partial charge in [0.05, 0.1) is 4.90 Å². The highest BCUT2D eigenvalue weighted by Crippen LogP contribution is 2.23. The lowest BCUT2D eigenvalue weighted by Gasteiger charge is -2.31. The third-order valence-electron chi connectivity index (χ3n) is 4.28. The van der Waals surface area contributed by atoms with Gasteiger partial charge in [-0.05, 0) is 37.3 Å². The average molecular weight is 353 g/mol. The Morgan fingerprint density at radius 1 is 1.21 bits per heavy atom. The van der Waals surface area contributed by atoms with Gasteiger partial charge in [0.2, 0.25) is 10.0 Å². The molecule has 1 fully saturated rings. The van der Waals surface area contributed by atoms with Crippen LogP contribution < -0.4 is 10.6 Å². The molecule has 2 rings (SSSR count). The molecule has 1 saturated heterocycles. The number of sulfonamides is 1. The number of rotatable bonds is 6. The van der Waals surface area contributed by atoms with Crippen LogP contribution in [0.4, 0.5) is 0 Å². The Kier molecular flexibility index (Phi) is 7.05. The Labute approximate surface area is 145 Å². The smallest absolute Gasteiger partial charge is 0.243 e. The van der Waals surface area contributed by atoms with Crippen molar-refractivity contribution in [1.82, 2.24) is 14.9 Å². The van der Waals surface area contributed by atoms with Gasteiger partial charge in [0.15, 0.2) is 5.96 Å². The summed E-state index contributed by atoms with van der Waals surface area (Å²) in [5, 5.41) is 6.58. The molecule has 1 aromatic rings. The summed E-state index contributed by atoms with van der Waals surface area (Å²) in [5.74, 6) is 1.28. The van der Waals surface area contributed by atoms with Crippen molar-refractivity contribution < 1.29 is 8.42 Å². The number of nitrogens with one attached hydrogen (secondary N) is 2. The first kappa shape index (κ1) is 18.7. The predicted molar refractivity (Wildman–Crippen MR) is 97.6 cm³/mol. The first-order valence-corrected chi connectivity index (χ1v) is 10.0. The second kappa shape index (κ2) is 9.03. The van der Waals surface area contributed by atoms with Crippen LogP contribution in [0.25, 0.3) is 0 Å². The molecular weight excluding hydrogens is 324 g/mol. The molecule has 1 aliphatic rings. The molecule has 1 aliphatic heterocycles. The number of hydrogen-bond acceptors (Lipinski definition) is 3. The third kappa shape index (κ3) is 4.95. The van der Waals surface area contributed by atoms with E-state index in [9.17, 15) is 8.42 Å². The first-order chi connectivity index (χ1) is 11.6. The van der Waals surface area contributed by atoms with Gasteiger partial charge in [-0.15, -0.1) is 0 Å². The second-order valence-electron chi connectivity index (χ2n) is 6.04. The van der Waals surface area contributed by atoms with Gasteiger partial charge < -0.3 is 10.6 Å². The maximum absolute atomic E-state index is 12.6. The molecule has 0 spiro atoms. The molecule has 0 bridgehead atoms. The van der Waals surface area contributed by atoms with Crippen LogP contribution in [0.3, 0.4) is 0 Å². The highest BCUT2D eigenvalue weighted by atomic mass is 32.2. The van der Waals surface area contributed by atoms with Crippen molar-refractivity contribution in [2.45, 2.75) is 31.1 Å². The molecule has 0 radical (unpaired) electrons. The normalized spacial score (nSPS) is 17.7. The van der Waals surface area contributed by atoms with Crippen molar-refractivity contribution in [1.29, 1.82) is 0 Å². The van der Waals surface area contributed by atoms with Gasteiger partial charge in [-0.1, -0.05) is 25.1 Å². The topological polar surface area (TPSA) is 73.8 Å². The van der Waals surface area contributed by atoms with E-state index in [0.717, 1.165) is 38.3 Å². The van der Waals surface area contributed by atoms with Crippen molar-refractivity contribution in [2.24, 2.45) is 10.9 Å². The number of guanidine groups is 1. The largest absolute Gasteiger partial charge is 0.356 e. The Hall–Kier alpha value is -1.60. The van der Waals surface area contributed by atoms with E-state index in [1.165, 1.54) is 0 Å². The van der Waals surface area contributed by atoms with E-state index in [-0.39, 0.29) is 0 Å². The Bertz CT molecular complexity index is 623. The Balaban J connectivity index is 1.83. The number of nitrogens with zero attached hydrogens (tertiary/aromatic N) is 2. The molecule has 1 heterocycles. The van der Waals surface area contributed by atoms with Gasteiger partial charge in [0, 0.05) is 33.2 Å². The molecule has 0 aromatic heterocycles. The zero-order chi connectivity index (χ0) is 17.4. The monoisotopic (exact) mass is 352 g/mol. The number of benzene rings is 1. The van der Waals surface area contributed by atoms with Gasteiger partial charge in [0.1, 0.15) is 0 Å². The highest BCUT2D eigenvalue weighted by molar-refractivity contribution is 7.89. The fourth-order valence-corrected chi connectivity index (χ4v) is 4.29. The molecular formula is C17H28N4O2S. The lowest BCUT2D eigenvalue weighted by Crippen LogP contribution is -2.44. The minimum atomic E-state index is -3.36. The Morgan fingerprint density at radius 3 is 2.46 bits per heavy atom. The van der Waals surface area contributed by atoms with E-state index in [1.807, 2.05) is 6.07 Å². The fraction of sp³-hybridized carbons (Fsp3) is 0.588. The summed E-state index contributed by atoms with van der Waals surface area (Å²) in [4.78, 5) is 4.57. The minimum Gasteiger partial charge on any atom is -0.356 e. The van der Waals surface area contributed by atoms with E-state index in [0.29, 0.717) is 23.9 Å². The van der Waals surface area contributed by atoms with Gasteiger partial charge in [0.25, 0.3) is 0 Å². The van der Waals surface area contributed by atoms with Crippen molar-refractivity contribution in [3.63, 3.8) is 0 Å². The van der Waals surface area contributed by atoms with Gasteiger partial charge in [-0.2, -0.15) is 4.31 Å². The maximum atomic E-state index is 12.6. The summed E-state index contributed by atoms with van der Waals surface area (Å²) in [7, 11) is -1.59. The zero-order valence-electron chi connectivity index (χ0n) is 14.5. The van der Waals surface area contributed by atoms with Crippen LogP contribution in [-0.2, 0) is 10.0 Å².